The van der Waals surface area contributed by atoms with Gasteiger partial charge in [-0.3, -0.25) is 9.10 Å². The number of nitrogens with one attached hydrogen (secondary N) is 1. The van der Waals surface area contributed by atoms with Crippen LogP contribution in [0, 0.1) is 6.92 Å². The number of carbonyl (C=O) groups is 1. The Morgan fingerprint density at radius 1 is 1.25 bits per heavy atom. The second-order valence-corrected chi connectivity index (χ2v) is 8.74. The molecule has 152 valence electrons. The molecule has 0 aliphatic carbocycles. The monoisotopic (exact) mass is 424 g/mol. The highest BCUT2D eigenvalue weighted by Gasteiger charge is 2.32. The van der Waals surface area contributed by atoms with Crippen molar-refractivity contribution in [1.82, 2.24) is 5.32 Å². The fourth-order valence-electron chi connectivity index (χ4n) is 3.00. The summed E-state index contributed by atoms with van der Waals surface area (Å²) in [5.41, 5.74) is 1.91. The Morgan fingerprint density at radius 2 is 1.93 bits per heavy atom. The number of anilines is 1. The van der Waals surface area contributed by atoms with Crippen LogP contribution in [0.3, 0.4) is 0 Å². The Hall–Kier alpha value is -2.25. The lowest BCUT2D eigenvalue weighted by atomic mass is 10.1. The molecule has 2 rings (SSSR count). The summed E-state index contributed by atoms with van der Waals surface area (Å²) in [6.45, 7) is 3.78. The first-order valence-electron chi connectivity index (χ1n) is 8.84. The summed E-state index contributed by atoms with van der Waals surface area (Å²) in [4.78, 5) is 12.9. The first-order chi connectivity index (χ1) is 13.2. The van der Waals surface area contributed by atoms with Crippen LogP contribution in [0.1, 0.15) is 24.5 Å². The van der Waals surface area contributed by atoms with Gasteiger partial charge in [0, 0.05) is 17.1 Å². The van der Waals surface area contributed by atoms with Gasteiger partial charge in [0.15, 0.2) is 0 Å². The van der Waals surface area contributed by atoms with E-state index in [2.05, 4.69) is 5.32 Å². The number of hydrogen-bond acceptors (Lipinski definition) is 4. The van der Waals surface area contributed by atoms with Crippen LogP contribution in [0.5, 0.6) is 5.75 Å². The van der Waals surface area contributed by atoms with Crippen LogP contribution in [0.4, 0.5) is 5.69 Å². The average Bonchev–Trinajstić information content (AvgIpc) is 2.65. The Kier molecular flexibility index (Phi) is 7.32. The molecule has 0 heterocycles. The van der Waals surface area contributed by atoms with Crippen molar-refractivity contribution in [3.63, 3.8) is 0 Å². The predicted molar refractivity (Wildman–Crippen MR) is 112 cm³/mol. The smallest absolute Gasteiger partial charge is 0.244 e. The molecule has 2 aromatic rings. The quantitative estimate of drug-likeness (QED) is 0.703. The Morgan fingerprint density at radius 3 is 2.54 bits per heavy atom. The molecule has 0 unspecified atom stereocenters. The molecule has 0 aromatic heterocycles. The number of nitrogens with zero attached hydrogens (tertiary/aromatic N) is 1. The standard InChI is InChI=1S/C20H25ClN2O4S/c1-5-17(20(24)22-13-15-8-6-7-9-19(15)27-3)23(28(4,25)26)18-12-16(21)11-10-14(18)2/h6-12,17H,5,13H2,1-4H3,(H,22,24)/t17-/m1/s1. The van der Waals surface area contributed by atoms with Crippen molar-refractivity contribution in [3.05, 3.63) is 58.6 Å². The van der Waals surface area contributed by atoms with Crippen molar-refractivity contribution in [3.8, 4) is 5.75 Å². The minimum atomic E-state index is -3.72. The molecular weight excluding hydrogens is 400 g/mol. The topological polar surface area (TPSA) is 75.7 Å². The van der Waals surface area contributed by atoms with Gasteiger partial charge < -0.3 is 10.1 Å². The van der Waals surface area contributed by atoms with E-state index < -0.39 is 22.0 Å². The Balaban J connectivity index is 2.33. The minimum Gasteiger partial charge on any atom is -0.496 e. The number of sulfonamides is 1. The molecule has 0 radical (unpaired) electrons. The summed E-state index contributed by atoms with van der Waals surface area (Å²) in [5.74, 6) is 0.264. The van der Waals surface area contributed by atoms with Crippen molar-refractivity contribution < 1.29 is 17.9 Å². The van der Waals surface area contributed by atoms with Gasteiger partial charge in [0.05, 0.1) is 19.1 Å². The van der Waals surface area contributed by atoms with Crippen LogP contribution in [-0.4, -0.2) is 33.7 Å². The molecule has 2 aromatic carbocycles. The zero-order valence-electron chi connectivity index (χ0n) is 16.4. The number of rotatable bonds is 8. The van der Waals surface area contributed by atoms with Crippen LogP contribution >= 0.6 is 11.6 Å². The molecular formula is C20H25ClN2O4S. The molecule has 0 bridgehead atoms. The van der Waals surface area contributed by atoms with E-state index in [0.717, 1.165) is 16.1 Å². The molecule has 8 heteroatoms. The van der Waals surface area contributed by atoms with Crippen LogP contribution in [0.25, 0.3) is 0 Å². The number of aryl methyl sites for hydroxylation is 1. The zero-order valence-corrected chi connectivity index (χ0v) is 18.0. The average molecular weight is 425 g/mol. The fourth-order valence-corrected chi connectivity index (χ4v) is 4.43. The summed E-state index contributed by atoms with van der Waals surface area (Å²) in [6, 6.07) is 11.4. The number of ether oxygens (including phenoxy) is 1. The van der Waals surface area contributed by atoms with Gasteiger partial charge in [-0.25, -0.2) is 8.42 Å². The molecule has 0 saturated carbocycles. The molecule has 0 saturated heterocycles. The van der Waals surface area contributed by atoms with E-state index in [1.807, 2.05) is 18.2 Å². The largest absolute Gasteiger partial charge is 0.496 e. The molecule has 1 amide bonds. The van der Waals surface area contributed by atoms with Gasteiger partial charge >= 0.3 is 0 Å². The Labute approximate surface area is 171 Å². The van der Waals surface area contributed by atoms with E-state index in [0.29, 0.717) is 28.4 Å². The predicted octanol–water partition coefficient (Wildman–Crippen LogP) is 3.52. The molecule has 0 spiro atoms. The fraction of sp³-hybridized carbons (Fsp3) is 0.350. The lowest BCUT2D eigenvalue weighted by Gasteiger charge is -2.31. The highest BCUT2D eigenvalue weighted by atomic mass is 35.5. The molecule has 1 atom stereocenters. The van der Waals surface area contributed by atoms with Gasteiger partial charge in [-0.15, -0.1) is 0 Å². The van der Waals surface area contributed by atoms with Gasteiger partial charge in [0.2, 0.25) is 15.9 Å². The van der Waals surface area contributed by atoms with E-state index in [9.17, 15) is 13.2 Å². The normalized spacial score (nSPS) is 12.3. The summed E-state index contributed by atoms with van der Waals surface area (Å²) in [6.07, 6.45) is 1.39. The van der Waals surface area contributed by atoms with Crippen LogP contribution < -0.4 is 14.4 Å². The van der Waals surface area contributed by atoms with Crippen LogP contribution in [0.15, 0.2) is 42.5 Å². The summed E-state index contributed by atoms with van der Waals surface area (Å²) >= 11 is 6.08. The number of amides is 1. The third-order valence-electron chi connectivity index (χ3n) is 4.38. The second kappa shape index (κ2) is 9.30. The molecule has 0 aliphatic rings. The van der Waals surface area contributed by atoms with Crippen molar-refractivity contribution in [2.24, 2.45) is 0 Å². The third-order valence-corrected chi connectivity index (χ3v) is 5.78. The van der Waals surface area contributed by atoms with E-state index in [1.54, 1.807) is 45.2 Å². The maximum absolute atomic E-state index is 12.9. The van der Waals surface area contributed by atoms with Crippen molar-refractivity contribution >= 4 is 33.2 Å². The summed E-state index contributed by atoms with van der Waals surface area (Å²) < 4.78 is 31.6. The maximum atomic E-state index is 12.9. The lowest BCUT2D eigenvalue weighted by molar-refractivity contribution is -0.122. The number of methoxy groups -OCH3 is 1. The van der Waals surface area contributed by atoms with Crippen molar-refractivity contribution in [1.29, 1.82) is 0 Å². The van der Waals surface area contributed by atoms with E-state index >= 15 is 0 Å². The number of benzene rings is 2. The van der Waals surface area contributed by atoms with Gasteiger partial charge in [0.25, 0.3) is 0 Å². The number of carbonyl (C=O) groups excluding carboxylic acids is 1. The minimum absolute atomic E-state index is 0.228. The molecule has 6 nitrogen and oxygen atoms in total. The van der Waals surface area contributed by atoms with Crippen LogP contribution in [-0.2, 0) is 21.4 Å². The summed E-state index contributed by atoms with van der Waals surface area (Å²) in [7, 11) is -2.16. The van der Waals surface area contributed by atoms with Gasteiger partial charge in [-0.1, -0.05) is 42.8 Å². The van der Waals surface area contributed by atoms with E-state index in [1.165, 1.54) is 0 Å². The third kappa shape index (κ3) is 5.17. The molecule has 28 heavy (non-hydrogen) atoms. The highest BCUT2D eigenvalue weighted by Crippen LogP contribution is 2.29. The number of para-hydroxylation sites is 1. The van der Waals surface area contributed by atoms with E-state index in [-0.39, 0.29) is 6.54 Å². The molecule has 1 N–H and O–H groups in total. The zero-order chi connectivity index (χ0) is 20.9. The second-order valence-electron chi connectivity index (χ2n) is 6.44. The van der Waals surface area contributed by atoms with Crippen LogP contribution in [0.2, 0.25) is 5.02 Å². The number of hydrogen-bond donors (Lipinski definition) is 1. The SMILES string of the molecule is CC[C@H](C(=O)NCc1ccccc1OC)N(c1cc(Cl)ccc1C)S(C)(=O)=O. The lowest BCUT2D eigenvalue weighted by Crippen LogP contribution is -2.49. The van der Waals surface area contributed by atoms with Gasteiger partial charge in [-0.2, -0.15) is 0 Å². The summed E-state index contributed by atoms with van der Waals surface area (Å²) in [5, 5.41) is 3.22. The van der Waals surface area contributed by atoms with Crippen molar-refractivity contribution in [2.45, 2.75) is 32.9 Å². The van der Waals surface area contributed by atoms with Gasteiger partial charge in [-0.05, 0) is 37.1 Å². The van der Waals surface area contributed by atoms with Gasteiger partial charge in [0.1, 0.15) is 11.8 Å². The number of halogens is 1. The first-order valence-corrected chi connectivity index (χ1v) is 11.1. The highest BCUT2D eigenvalue weighted by molar-refractivity contribution is 7.92. The first kappa shape index (κ1) is 22.0. The van der Waals surface area contributed by atoms with E-state index in [4.69, 9.17) is 16.3 Å². The van der Waals surface area contributed by atoms with Crippen molar-refractivity contribution in [2.75, 3.05) is 17.7 Å². The maximum Gasteiger partial charge on any atom is 0.244 e. The molecule has 0 fully saturated rings. The Bertz CT molecular complexity index is 947. The molecule has 0 aliphatic heterocycles.